The van der Waals surface area contributed by atoms with Gasteiger partial charge in [0.1, 0.15) is 11.5 Å². The first-order chi connectivity index (χ1) is 6.86. The molecule has 0 fully saturated rings. The lowest BCUT2D eigenvalue weighted by Gasteiger charge is -1.97. The molecule has 0 spiro atoms. The Kier molecular flexibility index (Phi) is 2.28. The van der Waals surface area contributed by atoms with Crippen LogP contribution in [0.2, 0.25) is 0 Å². The summed E-state index contributed by atoms with van der Waals surface area (Å²) in [6.45, 7) is 0.534. The maximum absolute atomic E-state index is 10.7. The van der Waals surface area contributed by atoms with Gasteiger partial charge in [0, 0.05) is 12.6 Å². The minimum absolute atomic E-state index is 0.481. The van der Waals surface area contributed by atoms with Gasteiger partial charge in [-0.3, -0.25) is 4.79 Å². The highest BCUT2D eigenvalue weighted by Crippen LogP contribution is 2.11. The Labute approximate surface area is 81.4 Å². The molecule has 4 heteroatoms. The van der Waals surface area contributed by atoms with Crippen LogP contribution in [0.15, 0.2) is 24.4 Å². The number of imidazole rings is 1. The van der Waals surface area contributed by atoms with Crippen LogP contribution >= 0.6 is 0 Å². The fourth-order valence-corrected chi connectivity index (χ4v) is 1.52. The van der Waals surface area contributed by atoms with Crippen molar-refractivity contribution in [2.24, 2.45) is 5.73 Å². The van der Waals surface area contributed by atoms with Gasteiger partial charge in [0.15, 0.2) is 6.29 Å². The van der Waals surface area contributed by atoms with Gasteiger partial charge in [-0.1, -0.05) is 6.07 Å². The molecule has 0 aliphatic carbocycles. The predicted octanol–water partition coefficient (Wildman–Crippen LogP) is 0.648. The van der Waals surface area contributed by atoms with Crippen LogP contribution in [-0.4, -0.2) is 22.2 Å². The van der Waals surface area contributed by atoms with E-state index in [1.165, 1.54) is 0 Å². The molecule has 2 N–H and O–H groups in total. The molecule has 0 aromatic carbocycles. The van der Waals surface area contributed by atoms with Gasteiger partial charge in [-0.25, -0.2) is 4.98 Å². The van der Waals surface area contributed by atoms with E-state index in [0.717, 1.165) is 17.6 Å². The standard InChI is InChI=1S/C10H11N3O/c11-5-4-10-12-8(7-14)9-3-1-2-6-13(9)10/h1-3,6-7H,4-5,11H2. The van der Waals surface area contributed by atoms with E-state index in [9.17, 15) is 4.79 Å². The second-order valence-electron chi connectivity index (χ2n) is 3.03. The van der Waals surface area contributed by atoms with Crippen LogP contribution in [0.4, 0.5) is 0 Å². The lowest BCUT2D eigenvalue weighted by atomic mass is 10.3. The molecule has 0 aliphatic rings. The number of pyridine rings is 1. The Morgan fingerprint density at radius 2 is 2.36 bits per heavy atom. The molecule has 0 bridgehead atoms. The highest BCUT2D eigenvalue weighted by atomic mass is 16.1. The van der Waals surface area contributed by atoms with Crippen molar-refractivity contribution in [1.29, 1.82) is 0 Å². The largest absolute Gasteiger partial charge is 0.330 e. The molecule has 2 heterocycles. The molecule has 72 valence electrons. The lowest BCUT2D eigenvalue weighted by Crippen LogP contribution is -2.06. The van der Waals surface area contributed by atoms with Crippen LogP contribution in [0.5, 0.6) is 0 Å². The number of carbonyl (C=O) groups excluding carboxylic acids is 1. The second kappa shape index (κ2) is 3.59. The molecule has 14 heavy (non-hydrogen) atoms. The van der Waals surface area contributed by atoms with Crippen LogP contribution in [0.1, 0.15) is 16.3 Å². The monoisotopic (exact) mass is 189 g/mol. The summed E-state index contributed by atoms with van der Waals surface area (Å²) in [7, 11) is 0. The van der Waals surface area contributed by atoms with E-state index < -0.39 is 0 Å². The molecule has 2 aromatic heterocycles. The third kappa shape index (κ3) is 1.29. The number of nitrogens with two attached hydrogens (primary N) is 1. The zero-order chi connectivity index (χ0) is 9.97. The highest BCUT2D eigenvalue weighted by molar-refractivity contribution is 5.83. The van der Waals surface area contributed by atoms with E-state index in [4.69, 9.17) is 5.73 Å². The summed E-state index contributed by atoms with van der Waals surface area (Å²) in [5.74, 6) is 0.838. The van der Waals surface area contributed by atoms with E-state index in [1.54, 1.807) is 0 Å². The minimum Gasteiger partial charge on any atom is -0.330 e. The van der Waals surface area contributed by atoms with E-state index in [-0.39, 0.29) is 0 Å². The molecular formula is C10H11N3O. The summed E-state index contributed by atoms with van der Waals surface area (Å²) in [6, 6.07) is 5.66. The first kappa shape index (κ1) is 8.90. The van der Waals surface area contributed by atoms with Gasteiger partial charge in [-0.15, -0.1) is 0 Å². The molecule has 0 aliphatic heterocycles. The smallest absolute Gasteiger partial charge is 0.170 e. The predicted molar refractivity (Wildman–Crippen MR) is 53.3 cm³/mol. The average molecular weight is 189 g/mol. The number of carbonyl (C=O) groups is 1. The van der Waals surface area contributed by atoms with Crippen LogP contribution in [0.3, 0.4) is 0 Å². The number of hydrogen-bond donors (Lipinski definition) is 1. The van der Waals surface area contributed by atoms with E-state index in [2.05, 4.69) is 4.98 Å². The SMILES string of the molecule is NCCc1nc(C=O)c2ccccn12. The van der Waals surface area contributed by atoms with Crippen LogP contribution in [0, 0.1) is 0 Å². The number of rotatable bonds is 3. The van der Waals surface area contributed by atoms with Crippen LogP contribution < -0.4 is 5.73 Å². The lowest BCUT2D eigenvalue weighted by molar-refractivity contribution is 0.112. The quantitative estimate of drug-likeness (QED) is 0.721. The van der Waals surface area contributed by atoms with Crippen molar-refractivity contribution in [3.05, 3.63) is 35.9 Å². The van der Waals surface area contributed by atoms with Gasteiger partial charge < -0.3 is 10.1 Å². The molecule has 0 amide bonds. The minimum atomic E-state index is 0.481. The van der Waals surface area contributed by atoms with E-state index in [0.29, 0.717) is 18.7 Å². The summed E-state index contributed by atoms with van der Waals surface area (Å²) < 4.78 is 1.90. The van der Waals surface area contributed by atoms with Gasteiger partial charge >= 0.3 is 0 Å². The molecule has 0 saturated heterocycles. The van der Waals surface area contributed by atoms with Gasteiger partial charge in [0.25, 0.3) is 0 Å². The Morgan fingerprint density at radius 1 is 1.50 bits per heavy atom. The van der Waals surface area contributed by atoms with Crippen LogP contribution in [0.25, 0.3) is 5.52 Å². The maximum atomic E-state index is 10.7. The molecule has 4 nitrogen and oxygen atoms in total. The topological polar surface area (TPSA) is 60.4 Å². The number of fused-ring (bicyclic) bond motifs is 1. The highest BCUT2D eigenvalue weighted by Gasteiger charge is 2.07. The van der Waals surface area contributed by atoms with Crippen LogP contribution in [-0.2, 0) is 6.42 Å². The maximum Gasteiger partial charge on any atom is 0.170 e. The third-order valence-electron chi connectivity index (χ3n) is 2.13. The van der Waals surface area contributed by atoms with Crippen molar-refractivity contribution in [3.8, 4) is 0 Å². The molecule has 0 saturated carbocycles. The van der Waals surface area contributed by atoms with Crippen molar-refractivity contribution in [2.45, 2.75) is 6.42 Å². The first-order valence-corrected chi connectivity index (χ1v) is 4.48. The third-order valence-corrected chi connectivity index (χ3v) is 2.13. The first-order valence-electron chi connectivity index (χ1n) is 4.48. The molecular weight excluding hydrogens is 178 g/mol. The van der Waals surface area contributed by atoms with Crippen molar-refractivity contribution >= 4 is 11.8 Å². The molecule has 0 unspecified atom stereocenters. The Hall–Kier alpha value is -1.68. The summed E-state index contributed by atoms with van der Waals surface area (Å²) in [6.07, 6.45) is 3.34. The van der Waals surface area contributed by atoms with Crippen molar-refractivity contribution < 1.29 is 4.79 Å². The number of nitrogens with zero attached hydrogens (tertiary/aromatic N) is 2. The molecule has 2 rings (SSSR count). The van der Waals surface area contributed by atoms with Crippen molar-refractivity contribution in [3.63, 3.8) is 0 Å². The Bertz CT molecular complexity index is 461. The van der Waals surface area contributed by atoms with E-state index in [1.807, 2.05) is 28.8 Å². The number of aromatic nitrogens is 2. The molecule has 0 radical (unpaired) electrons. The second-order valence-corrected chi connectivity index (χ2v) is 3.03. The summed E-state index contributed by atoms with van der Waals surface area (Å²) in [5, 5.41) is 0. The van der Waals surface area contributed by atoms with Crippen molar-refractivity contribution in [1.82, 2.24) is 9.38 Å². The molecule has 0 atom stereocenters. The van der Waals surface area contributed by atoms with E-state index >= 15 is 0 Å². The fraction of sp³-hybridized carbons (Fsp3) is 0.200. The summed E-state index contributed by atoms with van der Waals surface area (Å²) >= 11 is 0. The van der Waals surface area contributed by atoms with Gasteiger partial charge in [0.05, 0.1) is 5.52 Å². The van der Waals surface area contributed by atoms with Gasteiger partial charge in [0.2, 0.25) is 0 Å². The average Bonchev–Trinajstić information content (AvgIpc) is 2.58. The van der Waals surface area contributed by atoms with Gasteiger partial charge in [-0.2, -0.15) is 0 Å². The summed E-state index contributed by atoms with van der Waals surface area (Å²) in [5.41, 5.74) is 6.78. The zero-order valence-corrected chi connectivity index (χ0v) is 7.68. The Balaban J connectivity index is 2.66. The van der Waals surface area contributed by atoms with Gasteiger partial charge in [-0.05, 0) is 18.7 Å². The zero-order valence-electron chi connectivity index (χ0n) is 7.68. The number of hydrogen-bond acceptors (Lipinski definition) is 3. The number of aldehydes is 1. The Morgan fingerprint density at radius 3 is 3.07 bits per heavy atom. The fourth-order valence-electron chi connectivity index (χ4n) is 1.52. The van der Waals surface area contributed by atoms with Crippen molar-refractivity contribution in [2.75, 3.05) is 6.54 Å². The summed E-state index contributed by atoms with van der Waals surface area (Å²) in [4.78, 5) is 14.9. The molecule has 2 aromatic rings. The normalized spacial score (nSPS) is 10.6.